The zero-order chi connectivity index (χ0) is 9.97. The molecule has 0 bridgehead atoms. The van der Waals surface area contributed by atoms with Crippen molar-refractivity contribution < 1.29 is 14.3 Å². The van der Waals surface area contributed by atoms with Gasteiger partial charge in [0.2, 0.25) is 0 Å². The maximum atomic E-state index is 11.1. The van der Waals surface area contributed by atoms with E-state index in [4.69, 9.17) is 4.74 Å². The van der Waals surface area contributed by atoms with Crippen molar-refractivity contribution >= 4 is 11.8 Å². The number of hydrogen-bond acceptors (Lipinski definition) is 3. The van der Waals surface area contributed by atoms with Crippen LogP contribution in [0.4, 0.5) is 0 Å². The largest absolute Gasteiger partial charge is 0.466 e. The van der Waals surface area contributed by atoms with Crippen molar-refractivity contribution in [2.75, 3.05) is 6.61 Å². The summed E-state index contributed by atoms with van der Waals surface area (Å²) in [5.41, 5.74) is 0. The lowest BCUT2D eigenvalue weighted by Gasteiger charge is -2.31. The number of Topliss-reactive ketones (excluding diaryl/α,β-unsaturated/α-hetero) is 1. The monoisotopic (exact) mass is 196 g/mol. The van der Waals surface area contributed by atoms with Crippen molar-refractivity contribution in [1.29, 1.82) is 0 Å². The van der Waals surface area contributed by atoms with Gasteiger partial charge in [0.25, 0.3) is 0 Å². The third-order valence-electron chi connectivity index (χ3n) is 3.44. The van der Waals surface area contributed by atoms with Crippen molar-refractivity contribution in [2.24, 2.45) is 11.8 Å². The minimum Gasteiger partial charge on any atom is -0.466 e. The lowest BCUT2D eigenvalue weighted by atomic mass is 9.76. The minimum absolute atomic E-state index is 0.0573. The molecule has 0 aromatic heterocycles. The summed E-state index contributed by atoms with van der Waals surface area (Å²) in [4.78, 5) is 22.2. The molecule has 0 N–H and O–H groups in total. The molecule has 0 spiro atoms. The Kier molecular flexibility index (Phi) is 2.85. The number of ketones is 1. The number of carbonyl (C=O) groups is 2. The second-order valence-electron chi connectivity index (χ2n) is 4.35. The van der Waals surface area contributed by atoms with Gasteiger partial charge in [0, 0.05) is 19.3 Å². The van der Waals surface area contributed by atoms with Crippen LogP contribution in [0.3, 0.4) is 0 Å². The molecule has 1 saturated heterocycles. The summed E-state index contributed by atoms with van der Waals surface area (Å²) in [5.74, 6) is 1.39. The van der Waals surface area contributed by atoms with Gasteiger partial charge in [0.15, 0.2) is 0 Å². The molecule has 1 saturated carbocycles. The first-order valence-corrected chi connectivity index (χ1v) is 5.43. The molecule has 2 fully saturated rings. The number of cyclic esters (lactones) is 1. The molecular weight excluding hydrogens is 180 g/mol. The van der Waals surface area contributed by atoms with E-state index in [1.807, 2.05) is 0 Å². The normalized spacial score (nSPS) is 30.1. The van der Waals surface area contributed by atoms with E-state index in [-0.39, 0.29) is 5.97 Å². The number of ether oxygens (including phenoxy) is 1. The van der Waals surface area contributed by atoms with Crippen LogP contribution in [-0.4, -0.2) is 18.4 Å². The molecule has 1 aliphatic heterocycles. The van der Waals surface area contributed by atoms with Crippen molar-refractivity contribution in [2.45, 2.75) is 38.5 Å². The van der Waals surface area contributed by atoms with Gasteiger partial charge in [-0.3, -0.25) is 9.59 Å². The first-order valence-electron chi connectivity index (χ1n) is 5.43. The molecule has 0 aromatic carbocycles. The highest BCUT2D eigenvalue weighted by Crippen LogP contribution is 2.34. The SMILES string of the molecule is O=C1CCC(C2CCOC(=O)C2)CC1. The number of carbonyl (C=O) groups excluding carboxylic acids is 2. The van der Waals surface area contributed by atoms with Crippen molar-refractivity contribution in [3.05, 3.63) is 0 Å². The average Bonchev–Trinajstić information content (AvgIpc) is 2.19. The first-order chi connectivity index (χ1) is 6.75. The second kappa shape index (κ2) is 4.11. The molecule has 0 aromatic rings. The fourth-order valence-corrected chi connectivity index (χ4v) is 2.54. The van der Waals surface area contributed by atoms with E-state index in [1.165, 1.54) is 0 Å². The Morgan fingerprint density at radius 2 is 1.71 bits per heavy atom. The predicted octanol–water partition coefficient (Wildman–Crippen LogP) is 1.70. The van der Waals surface area contributed by atoms with Gasteiger partial charge in [-0.05, 0) is 31.1 Å². The van der Waals surface area contributed by atoms with Gasteiger partial charge < -0.3 is 4.74 Å². The van der Waals surface area contributed by atoms with Crippen LogP contribution in [0.15, 0.2) is 0 Å². The maximum absolute atomic E-state index is 11.1. The number of esters is 1. The molecule has 3 heteroatoms. The van der Waals surface area contributed by atoms with Crippen LogP contribution in [0.2, 0.25) is 0 Å². The molecular formula is C11H16O3. The van der Waals surface area contributed by atoms with E-state index in [2.05, 4.69) is 0 Å². The van der Waals surface area contributed by atoms with E-state index in [1.54, 1.807) is 0 Å². The van der Waals surface area contributed by atoms with Gasteiger partial charge in [-0.25, -0.2) is 0 Å². The van der Waals surface area contributed by atoms with Crippen LogP contribution in [0.5, 0.6) is 0 Å². The number of hydrogen-bond donors (Lipinski definition) is 0. The standard InChI is InChI=1S/C11H16O3/c12-10-3-1-8(2-4-10)9-5-6-14-11(13)7-9/h8-9H,1-7H2. The van der Waals surface area contributed by atoms with Gasteiger partial charge >= 0.3 is 5.97 Å². The Morgan fingerprint density at radius 3 is 2.36 bits per heavy atom. The zero-order valence-electron chi connectivity index (χ0n) is 8.33. The third kappa shape index (κ3) is 2.14. The van der Waals surface area contributed by atoms with Crippen molar-refractivity contribution in [3.8, 4) is 0 Å². The Hall–Kier alpha value is -0.860. The van der Waals surface area contributed by atoms with Crippen molar-refractivity contribution in [1.82, 2.24) is 0 Å². The first kappa shape index (κ1) is 9.69. The topological polar surface area (TPSA) is 43.4 Å². The molecule has 1 atom stereocenters. The highest BCUT2D eigenvalue weighted by molar-refractivity contribution is 5.79. The highest BCUT2D eigenvalue weighted by atomic mass is 16.5. The zero-order valence-corrected chi connectivity index (χ0v) is 8.33. The summed E-state index contributed by atoms with van der Waals surface area (Å²) >= 11 is 0. The Balaban J connectivity index is 1.88. The summed E-state index contributed by atoms with van der Waals surface area (Å²) in [6.45, 7) is 0.577. The highest BCUT2D eigenvalue weighted by Gasteiger charge is 2.30. The second-order valence-corrected chi connectivity index (χ2v) is 4.35. The molecule has 14 heavy (non-hydrogen) atoms. The molecule has 0 radical (unpaired) electrons. The van der Waals surface area contributed by atoms with E-state index < -0.39 is 0 Å². The van der Waals surface area contributed by atoms with Gasteiger partial charge in [0.05, 0.1) is 6.61 Å². The van der Waals surface area contributed by atoms with E-state index in [0.29, 0.717) is 30.6 Å². The van der Waals surface area contributed by atoms with Crippen LogP contribution in [-0.2, 0) is 14.3 Å². The summed E-state index contributed by atoms with van der Waals surface area (Å²) in [6, 6.07) is 0. The smallest absolute Gasteiger partial charge is 0.306 e. The Labute approximate surface area is 83.8 Å². The molecule has 1 unspecified atom stereocenters. The fourth-order valence-electron chi connectivity index (χ4n) is 2.54. The molecule has 3 nitrogen and oxygen atoms in total. The van der Waals surface area contributed by atoms with E-state index >= 15 is 0 Å². The summed E-state index contributed by atoms with van der Waals surface area (Å²) in [6.07, 6.45) is 4.96. The maximum Gasteiger partial charge on any atom is 0.306 e. The number of rotatable bonds is 1. The summed E-state index contributed by atoms with van der Waals surface area (Å²) in [5, 5.41) is 0. The Morgan fingerprint density at radius 1 is 1.00 bits per heavy atom. The Bertz CT molecular complexity index is 237. The molecule has 1 aliphatic carbocycles. The van der Waals surface area contributed by atoms with Crippen LogP contribution >= 0.6 is 0 Å². The summed E-state index contributed by atoms with van der Waals surface area (Å²) < 4.78 is 4.91. The predicted molar refractivity (Wildman–Crippen MR) is 50.6 cm³/mol. The van der Waals surface area contributed by atoms with E-state index in [0.717, 1.165) is 32.1 Å². The molecule has 2 aliphatic rings. The van der Waals surface area contributed by atoms with Crippen molar-refractivity contribution in [3.63, 3.8) is 0 Å². The van der Waals surface area contributed by atoms with Crippen LogP contribution < -0.4 is 0 Å². The molecule has 2 rings (SSSR count). The third-order valence-corrected chi connectivity index (χ3v) is 3.44. The van der Waals surface area contributed by atoms with Crippen LogP contribution in [0.1, 0.15) is 38.5 Å². The summed E-state index contributed by atoms with van der Waals surface area (Å²) in [7, 11) is 0. The van der Waals surface area contributed by atoms with Gasteiger partial charge in [-0.15, -0.1) is 0 Å². The lowest BCUT2D eigenvalue weighted by Crippen LogP contribution is -2.29. The molecule has 0 amide bonds. The quantitative estimate of drug-likeness (QED) is 0.599. The van der Waals surface area contributed by atoms with Crippen LogP contribution in [0.25, 0.3) is 0 Å². The van der Waals surface area contributed by atoms with Crippen LogP contribution in [0, 0.1) is 11.8 Å². The molecule has 1 heterocycles. The molecule has 78 valence electrons. The van der Waals surface area contributed by atoms with Gasteiger partial charge in [-0.1, -0.05) is 0 Å². The average molecular weight is 196 g/mol. The van der Waals surface area contributed by atoms with Gasteiger partial charge in [-0.2, -0.15) is 0 Å². The lowest BCUT2D eigenvalue weighted by molar-refractivity contribution is -0.150. The van der Waals surface area contributed by atoms with E-state index in [9.17, 15) is 9.59 Å². The van der Waals surface area contributed by atoms with Gasteiger partial charge in [0.1, 0.15) is 5.78 Å². The fraction of sp³-hybridized carbons (Fsp3) is 0.818. The minimum atomic E-state index is -0.0573.